The molecule has 3 heterocycles. The summed E-state index contributed by atoms with van der Waals surface area (Å²) in [5.74, 6) is 1.04. The SMILES string of the molecule is Cn1nc(-c2ccccc2)c2c1CCN(Cc1ncc[nH]1)CC2. The van der Waals surface area contributed by atoms with Crippen LogP contribution in [0, 0.1) is 0 Å². The molecule has 0 saturated heterocycles. The lowest BCUT2D eigenvalue weighted by molar-refractivity contribution is 0.271. The van der Waals surface area contributed by atoms with Crippen molar-refractivity contribution < 1.29 is 0 Å². The van der Waals surface area contributed by atoms with Crippen LogP contribution in [0.5, 0.6) is 0 Å². The van der Waals surface area contributed by atoms with Crippen LogP contribution in [0.2, 0.25) is 0 Å². The number of imidazole rings is 1. The molecule has 0 radical (unpaired) electrons. The molecule has 1 aliphatic heterocycles. The first kappa shape index (κ1) is 14.2. The standard InChI is InChI=1S/C18H21N5/c1-22-16-8-12-23(13-17-19-9-10-20-17)11-7-15(16)18(21-22)14-5-3-2-4-6-14/h2-6,9-10H,7-8,11-13H2,1H3,(H,19,20). The Morgan fingerprint density at radius 2 is 1.96 bits per heavy atom. The Morgan fingerprint density at radius 3 is 2.74 bits per heavy atom. The highest BCUT2D eigenvalue weighted by molar-refractivity contribution is 5.64. The molecule has 1 aromatic carbocycles. The number of aromatic nitrogens is 4. The molecular weight excluding hydrogens is 286 g/mol. The lowest BCUT2D eigenvalue weighted by Gasteiger charge is -2.18. The van der Waals surface area contributed by atoms with Gasteiger partial charge in [0.2, 0.25) is 0 Å². The maximum atomic E-state index is 4.78. The average molecular weight is 307 g/mol. The normalized spacial score (nSPS) is 15.3. The first-order valence-electron chi connectivity index (χ1n) is 8.12. The molecule has 3 aromatic rings. The average Bonchev–Trinajstić information content (AvgIpc) is 3.13. The third kappa shape index (κ3) is 2.80. The number of benzene rings is 1. The first-order chi connectivity index (χ1) is 11.3. The molecule has 118 valence electrons. The van der Waals surface area contributed by atoms with E-state index >= 15 is 0 Å². The number of hydrogen-bond acceptors (Lipinski definition) is 3. The summed E-state index contributed by atoms with van der Waals surface area (Å²) in [6, 6.07) is 10.5. The van der Waals surface area contributed by atoms with E-state index in [2.05, 4.69) is 56.9 Å². The van der Waals surface area contributed by atoms with Gasteiger partial charge in [-0.25, -0.2) is 4.98 Å². The predicted molar refractivity (Wildman–Crippen MR) is 89.9 cm³/mol. The van der Waals surface area contributed by atoms with Crippen molar-refractivity contribution in [2.24, 2.45) is 7.05 Å². The van der Waals surface area contributed by atoms with E-state index < -0.39 is 0 Å². The van der Waals surface area contributed by atoms with Gasteiger partial charge in [0.15, 0.2) is 0 Å². The summed E-state index contributed by atoms with van der Waals surface area (Å²) in [6.45, 7) is 2.97. The van der Waals surface area contributed by atoms with Gasteiger partial charge in [-0.3, -0.25) is 9.58 Å². The largest absolute Gasteiger partial charge is 0.348 e. The zero-order valence-electron chi connectivity index (χ0n) is 13.4. The van der Waals surface area contributed by atoms with E-state index in [1.54, 1.807) is 0 Å². The molecule has 0 fully saturated rings. The maximum Gasteiger partial charge on any atom is 0.120 e. The van der Waals surface area contributed by atoms with Gasteiger partial charge in [-0.15, -0.1) is 0 Å². The van der Waals surface area contributed by atoms with E-state index in [4.69, 9.17) is 5.10 Å². The van der Waals surface area contributed by atoms with Gasteiger partial charge >= 0.3 is 0 Å². The molecule has 0 unspecified atom stereocenters. The smallest absolute Gasteiger partial charge is 0.120 e. The first-order valence-corrected chi connectivity index (χ1v) is 8.12. The van der Waals surface area contributed by atoms with Crippen LogP contribution in [0.3, 0.4) is 0 Å². The minimum absolute atomic E-state index is 0.884. The van der Waals surface area contributed by atoms with Crippen molar-refractivity contribution in [3.63, 3.8) is 0 Å². The van der Waals surface area contributed by atoms with Gasteiger partial charge < -0.3 is 4.98 Å². The highest BCUT2D eigenvalue weighted by Gasteiger charge is 2.22. The van der Waals surface area contributed by atoms with Crippen molar-refractivity contribution in [1.82, 2.24) is 24.6 Å². The Bertz CT molecular complexity index is 773. The van der Waals surface area contributed by atoms with Crippen molar-refractivity contribution in [3.05, 3.63) is 59.8 Å². The molecular formula is C18H21N5. The summed E-state index contributed by atoms with van der Waals surface area (Å²) in [5, 5.41) is 4.78. The molecule has 0 amide bonds. The number of H-pyrrole nitrogens is 1. The number of hydrogen-bond donors (Lipinski definition) is 1. The molecule has 5 heteroatoms. The minimum Gasteiger partial charge on any atom is -0.348 e. The molecule has 0 atom stereocenters. The summed E-state index contributed by atoms with van der Waals surface area (Å²) in [7, 11) is 2.06. The van der Waals surface area contributed by atoms with Crippen LogP contribution < -0.4 is 0 Å². The molecule has 0 saturated carbocycles. The molecule has 0 spiro atoms. The Balaban J connectivity index is 1.59. The summed E-state index contributed by atoms with van der Waals surface area (Å²) < 4.78 is 2.06. The number of fused-ring (bicyclic) bond motifs is 1. The number of rotatable bonds is 3. The highest BCUT2D eigenvalue weighted by Crippen LogP contribution is 2.28. The second kappa shape index (κ2) is 6.01. The number of aryl methyl sites for hydroxylation is 1. The summed E-state index contributed by atoms with van der Waals surface area (Å²) in [6.07, 6.45) is 5.78. The van der Waals surface area contributed by atoms with Crippen molar-refractivity contribution >= 4 is 0 Å². The second-order valence-corrected chi connectivity index (χ2v) is 6.08. The van der Waals surface area contributed by atoms with Crippen LogP contribution >= 0.6 is 0 Å². The van der Waals surface area contributed by atoms with Gasteiger partial charge in [-0.05, 0) is 6.42 Å². The zero-order valence-corrected chi connectivity index (χ0v) is 13.4. The topological polar surface area (TPSA) is 49.7 Å². The van der Waals surface area contributed by atoms with E-state index in [0.29, 0.717) is 0 Å². The van der Waals surface area contributed by atoms with Gasteiger partial charge in [0, 0.05) is 55.8 Å². The van der Waals surface area contributed by atoms with Crippen molar-refractivity contribution in [1.29, 1.82) is 0 Å². The van der Waals surface area contributed by atoms with E-state index in [9.17, 15) is 0 Å². The van der Waals surface area contributed by atoms with Gasteiger partial charge in [0.05, 0.1) is 12.2 Å². The van der Waals surface area contributed by atoms with Crippen LogP contribution in [0.15, 0.2) is 42.7 Å². The molecule has 0 bridgehead atoms. The van der Waals surface area contributed by atoms with Crippen LogP contribution in [0.4, 0.5) is 0 Å². The fourth-order valence-corrected chi connectivity index (χ4v) is 3.41. The predicted octanol–water partition coefficient (Wildman–Crippen LogP) is 2.41. The Kier molecular flexibility index (Phi) is 3.71. The van der Waals surface area contributed by atoms with E-state index in [0.717, 1.165) is 44.0 Å². The van der Waals surface area contributed by atoms with E-state index in [-0.39, 0.29) is 0 Å². The van der Waals surface area contributed by atoms with Crippen molar-refractivity contribution in [2.75, 3.05) is 13.1 Å². The molecule has 1 N–H and O–H groups in total. The maximum absolute atomic E-state index is 4.78. The molecule has 1 aliphatic rings. The number of aromatic amines is 1. The van der Waals surface area contributed by atoms with E-state index in [1.807, 2.05) is 12.4 Å². The number of nitrogens with zero attached hydrogens (tertiary/aromatic N) is 4. The van der Waals surface area contributed by atoms with Crippen LogP contribution in [-0.4, -0.2) is 37.7 Å². The summed E-state index contributed by atoms with van der Waals surface area (Å²) in [5.41, 5.74) is 5.12. The van der Waals surface area contributed by atoms with E-state index in [1.165, 1.54) is 16.8 Å². The van der Waals surface area contributed by atoms with Crippen molar-refractivity contribution in [3.8, 4) is 11.3 Å². The van der Waals surface area contributed by atoms with Gasteiger partial charge in [-0.2, -0.15) is 5.10 Å². The Labute approximate surface area is 136 Å². The van der Waals surface area contributed by atoms with Crippen LogP contribution in [0.25, 0.3) is 11.3 Å². The zero-order chi connectivity index (χ0) is 15.6. The molecule has 4 rings (SSSR count). The quantitative estimate of drug-likeness (QED) is 0.808. The third-order valence-corrected chi connectivity index (χ3v) is 4.59. The van der Waals surface area contributed by atoms with Crippen molar-refractivity contribution in [2.45, 2.75) is 19.4 Å². The second-order valence-electron chi connectivity index (χ2n) is 6.08. The number of nitrogens with one attached hydrogen (secondary N) is 1. The summed E-state index contributed by atoms with van der Waals surface area (Å²) in [4.78, 5) is 10.0. The Morgan fingerprint density at radius 1 is 1.13 bits per heavy atom. The monoisotopic (exact) mass is 307 g/mol. The van der Waals surface area contributed by atoms with Gasteiger partial charge in [-0.1, -0.05) is 30.3 Å². The van der Waals surface area contributed by atoms with Crippen LogP contribution in [0.1, 0.15) is 17.1 Å². The highest BCUT2D eigenvalue weighted by atomic mass is 15.3. The fourth-order valence-electron chi connectivity index (χ4n) is 3.41. The summed E-state index contributed by atoms with van der Waals surface area (Å²) >= 11 is 0. The Hall–Kier alpha value is -2.40. The van der Waals surface area contributed by atoms with Crippen LogP contribution in [-0.2, 0) is 26.4 Å². The lowest BCUT2D eigenvalue weighted by Crippen LogP contribution is -2.26. The molecule has 2 aromatic heterocycles. The fraction of sp³-hybridized carbons (Fsp3) is 0.333. The molecule has 0 aliphatic carbocycles. The third-order valence-electron chi connectivity index (χ3n) is 4.59. The minimum atomic E-state index is 0.884. The van der Waals surface area contributed by atoms with Gasteiger partial charge in [0.1, 0.15) is 5.82 Å². The lowest BCUT2D eigenvalue weighted by atomic mass is 10.0. The van der Waals surface area contributed by atoms with Gasteiger partial charge in [0.25, 0.3) is 0 Å². The molecule has 23 heavy (non-hydrogen) atoms. The molecule has 5 nitrogen and oxygen atoms in total.